The number of aryl methyl sites for hydroxylation is 1. The second-order valence-electron chi connectivity index (χ2n) is 4.76. The van der Waals surface area contributed by atoms with E-state index < -0.39 is 0 Å². The Labute approximate surface area is 114 Å². The number of benzene rings is 1. The highest BCUT2D eigenvalue weighted by atomic mass is 14.9. The third kappa shape index (κ3) is 3.55. The van der Waals surface area contributed by atoms with Crippen molar-refractivity contribution in [3.05, 3.63) is 59.3 Å². The van der Waals surface area contributed by atoms with Crippen LogP contribution in [-0.2, 0) is 6.42 Å². The van der Waals surface area contributed by atoms with Crippen molar-refractivity contribution in [2.45, 2.75) is 26.3 Å². The summed E-state index contributed by atoms with van der Waals surface area (Å²) in [7, 11) is 0. The minimum atomic E-state index is 0.313. The first-order valence-electron chi connectivity index (χ1n) is 6.70. The first-order chi connectivity index (χ1) is 9.20. The third-order valence-corrected chi connectivity index (χ3v) is 3.30. The van der Waals surface area contributed by atoms with Crippen molar-refractivity contribution in [3.8, 4) is 0 Å². The Morgan fingerprint density at radius 2 is 2.05 bits per heavy atom. The van der Waals surface area contributed by atoms with Crippen LogP contribution in [0, 0.1) is 6.92 Å². The van der Waals surface area contributed by atoms with E-state index in [1.807, 2.05) is 12.1 Å². The minimum absolute atomic E-state index is 0.313. The number of rotatable bonds is 5. The second kappa shape index (κ2) is 6.34. The van der Waals surface area contributed by atoms with Crippen LogP contribution >= 0.6 is 0 Å². The van der Waals surface area contributed by atoms with E-state index in [0.29, 0.717) is 11.9 Å². The van der Waals surface area contributed by atoms with E-state index in [2.05, 4.69) is 48.4 Å². The highest BCUT2D eigenvalue weighted by Crippen LogP contribution is 2.22. The van der Waals surface area contributed by atoms with Crippen LogP contribution in [0.3, 0.4) is 0 Å². The van der Waals surface area contributed by atoms with Crippen molar-refractivity contribution in [3.63, 3.8) is 0 Å². The van der Waals surface area contributed by atoms with Gasteiger partial charge in [-0.1, -0.05) is 31.2 Å². The molecule has 3 nitrogen and oxygen atoms in total. The third-order valence-electron chi connectivity index (χ3n) is 3.30. The molecule has 1 aromatic carbocycles. The topological polar surface area (TPSA) is 50.9 Å². The Balaban J connectivity index is 2.24. The molecule has 0 fully saturated rings. The normalized spacial score (nSPS) is 12.3. The number of nitrogens with one attached hydrogen (secondary N) is 1. The Bertz CT molecular complexity index is 537. The van der Waals surface area contributed by atoms with E-state index in [-0.39, 0.29) is 0 Å². The van der Waals surface area contributed by atoms with E-state index in [1.165, 1.54) is 16.7 Å². The zero-order chi connectivity index (χ0) is 13.7. The molecule has 2 rings (SSSR count). The molecule has 0 spiro atoms. The maximum atomic E-state index is 5.75. The smallest absolute Gasteiger partial charge is 0.123 e. The van der Waals surface area contributed by atoms with Crippen LogP contribution < -0.4 is 11.1 Å². The summed E-state index contributed by atoms with van der Waals surface area (Å²) in [5.41, 5.74) is 9.62. The number of nitrogens with zero attached hydrogens (tertiary/aromatic N) is 1. The van der Waals surface area contributed by atoms with Gasteiger partial charge in [-0.3, -0.25) is 0 Å². The van der Waals surface area contributed by atoms with Crippen LogP contribution in [0.2, 0.25) is 0 Å². The molecule has 0 saturated heterocycles. The van der Waals surface area contributed by atoms with Crippen LogP contribution in [-0.4, -0.2) is 11.5 Å². The van der Waals surface area contributed by atoms with Gasteiger partial charge in [-0.05, 0) is 48.7 Å². The van der Waals surface area contributed by atoms with Crippen molar-refractivity contribution in [1.82, 2.24) is 10.3 Å². The molecule has 0 saturated carbocycles. The molecule has 19 heavy (non-hydrogen) atoms. The lowest BCUT2D eigenvalue weighted by atomic mass is 9.95. The molecule has 1 aromatic heterocycles. The summed E-state index contributed by atoms with van der Waals surface area (Å²) in [6.07, 6.45) is 2.69. The largest absolute Gasteiger partial charge is 0.384 e. The molecule has 100 valence electrons. The van der Waals surface area contributed by atoms with Gasteiger partial charge in [0.1, 0.15) is 5.82 Å². The monoisotopic (exact) mass is 255 g/mol. The summed E-state index contributed by atoms with van der Waals surface area (Å²) in [5, 5.41) is 3.55. The summed E-state index contributed by atoms with van der Waals surface area (Å²) < 4.78 is 0. The SMILES string of the molecule is CCNC(Cc1ccnc(N)c1)c1ccccc1C. The van der Waals surface area contributed by atoms with Gasteiger partial charge in [-0.25, -0.2) is 4.98 Å². The number of nitrogen functional groups attached to an aromatic ring is 1. The Hall–Kier alpha value is -1.87. The molecule has 0 amide bonds. The first kappa shape index (κ1) is 13.6. The van der Waals surface area contributed by atoms with Gasteiger partial charge >= 0.3 is 0 Å². The number of hydrogen-bond acceptors (Lipinski definition) is 3. The molecule has 0 aliphatic rings. The fourth-order valence-corrected chi connectivity index (χ4v) is 2.37. The molecular formula is C16H21N3. The van der Waals surface area contributed by atoms with Gasteiger partial charge < -0.3 is 11.1 Å². The number of pyridine rings is 1. The first-order valence-corrected chi connectivity index (χ1v) is 6.70. The molecule has 0 bridgehead atoms. The van der Waals surface area contributed by atoms with Gasteiger partial charge in [-0.2, -0.15) is 0 Å². The van der Waals surface area contributed by atoms with E-state index >= 15 is 0 Å². The predicted molar refractivity (Wildman–Crippen MR) is 80.0 cm³/mol. The number of hydrogen-bond donors (Lipinski definition) is 2. The lowest BCUT2D eigenvalue weighted by molar-refractivity contribution is 0.547. The highest BCUT2D eigenvalue weighted by Gasteiger charge is 2.13. The maximum Gasteiger partial charge on any atom is 0.123 e. The fraction of sp³-hybridized carbons (Fsp3) is 0.312. The van der Waals surface area contributed by atoms with Crippen molar-refractivity contribution < 1.29 is 0 Å². The molecule has 3 N–H and O–H groups in total. The highest BCUT2D eigenvalue weighted by molar-refractivity contribution is 5.35. The zero-order valence-corrected chi connectivity index (χ0v) is 11.6. The van der Waals surface area contributed by atoms with Crippen LogP contribution in [0.1, 0.15) is 29.7 Å². The lowest BCUT2D eigenvalue weighted by Crippen LogP contribution is -2.23. The van der Waals surface area contributed by atoms with Gasteiger partial charge in [0.25, 0.3) is 0 Å². The number of anilines is 1. The van der Waals surface area contributed by atoms with Gasteiger partial charge in [0.15, 0.2) is 0 Å². The molecule has 1 atom stereocenters. The van der Waals surface area contributed by atoms with Gasteiger partial charge in [0, 0.05) is 12.2 Å². The van der Waals surface area contributed by atoms with Gasteiger partial charge in [-0.15, -0.1) is 0 Å². The molecule has 0 aliphatic carbocycles. The molecule has 0 aliphatic heterocycles. The molecule has 1 heterocycles. The number of nitrogens with two attached hydrogens (primary N) is 1. The lowest BCUT2D eigenvalue weighted by Gasteiger charge is -2.20. The quantitative estimate of drug-likeness (QED) is 0.863. The van der Waals surface area contributed by atoms with Crippen molar-refractivity contribution in [1.29, 1.82) is 0 Å². The average molecular weight is 255 g/mol. The molecular weight excluding hydrogens is 234 g/mol. The fourth-order valence-electron chi connectivity index (χ4n) is 2.37. The van der Waals surface area contributed by atoms with Crippen molar-refractivity contribution >= 4 is 5.82 Å². The van der Waals surface area contributed by atoms with Crippen LogP contribution in [0.25, 0.3) is 0 Å². The summed E-state index contributed by atoms with van der Waals surface area (Å²) in [4.78, 5) is 4.04. The molecule has 1 unspecified atom stereocenters. The van der Waals surface area contributed by atoms with Crippen LogP contribution in [0.15, 0.2) is 42.6 Å². The van der Waals surface area contributed by atoms with Crippen LogP contribution in [0.4, 0.5) is 5.82 Å². The van der Waals surface area contributed by atoms with Gasteiger partial charge in [0.05, 0.1) is 0 Å². The summed E-state index contributed by atoms with van der Waals surface area (Å²) in [5.74, 6) is 0.581. The van der Waals surface area contributed by atoms with E-state index in [9.17, 15) is 0 Å². The predicted octanol–water partition coefficient (Wildman–Crippen LogP) is 2.87. The standard InChI is InChI=1S/C16H21N3/c1-3-18-15(14-7-5-4-6-12(14)2)10-13-8-9-19-16(17)11-13/h4-9,11,15,18H,3,10H2,1-2H3,(H2,17,19). The Morgan fingerprint density at radius 3 is 2.74 bits per heavy atom. The van der Waals surface area contributed by atoms with Crippen molar-refractivity contribution in [2.24, 2.45) is 0 Å². The summed E-state index contributed by atoms with van der Waals surface area (Å²) in [6, 6.07) is 12.8. The Kier molecular flexibility index (Phi) is 4.53. The van der Waals surface area contributed by atoms with Crippen LogP contribution in [0.5, 0.6) is 0 Å². The Morgan fingerprint density at radius 1 is 1.26 bits per heavy atom. The summed E-state index contributed by atoms with van der Waals surface area (Å²) in [6.45, 7) is 5.23. The minimum Gasteiger partial charge on any atom is -0.384 e. The van der Waals surface area contributed by atoms with Gasteiger partial charge in [0.2, 0.25) is 0 Å². The van der Waals surface area contributed by atoms with E-state index in [0.717, 1.165) is 13.0 Å². The molecule has 0 radical (unpaired) electrons. The van der Waals surface area contributed by atoms with E-state index in [1.54, 1.807) is 6.20 Å². The molecule has 3 heteroatoms. The number of aromatic nitrogens is 1. The maximum absolute atomic E-state index is 5.75. The average Bonchev–Trinajstić information content (AvgIpc) is 2.39. The molecule has 2 aromatic rings. The number of likely N-dealkylation sites (N-methyl/N-ethyl adjacent to an activating group) is 1. The van der Waals surface area contributed by atoms with E-state index in [4.69, 9.17) is 5.73 Å². The summed E-state index contributed by atoms with van der Waals surface area (Å²) >= 11 is 0. The zero-order valence-electron chi connectivity index (χ0n) is 11.6. The van der Waals surface area contributed by atoms with Crippen molar-refractivity contribution in [2.75, 3.05) is 12.3 Å². The second-order valence-corrected chi connectivity index (χ2v) is 4.76.